The van der Waals surface area contributed by atoms with Gasteiger partial charge in [-0.1, -0.05) is 13.8 Å². The Labute approximate surface area is 123 Å². The quantitative estimate of drug-likeness (QED) is 0.859. The van der Waals surface area contributed by atoms with Gasteiger partial charge in [0.2, 0.25) is 0 Å². The zero-order valence-corrected chi connectivity index (χ0v) is 13.1. The minimum atomic E-state index is -4.06. The van der Waals surface area contributed by atoms with Gasteiger partial charge in [0.25, 0.3) is 0 Å². The first-order valence-corrected chi connectivity index (χ1v) is 8.49. The Bertz CT molecular complexity index is 320. The molecule has 2 saturated heterocycles. The SMILES string of the molecule is CC1(C)CSCC(NCC2CCN(CC(F)(F)F)C2)C1. The van der Waals surface area contributed by atoms with Gasteiger partial charge in [-0.3, -0.25) is 4.90 Å². The minimum Gasteiger partial charge on any atom is -0.313 e. The van der Waals surface area contributed by atoms with E-state index >= 15 is 0 Å². The zero-order chi connectivity index (χ0) is 14.8. The van der Waals surface area contributed by atoms with Crippen LogP contribution in [0.1, 0.15) is 26.7 Å². The maximum absolute atomic E-state index is 12.3. The van der Waals surface area contributed by atoms with Crippen molar-refractivity contribution in [2.75, 3.05) is 37.7 Å². The number of rotatable bonds is 4. The number of thioether (sulfide) groups is 1. The third-order valence-corrected chi connectivity index (χ3v) is 5.70. The van der Waals surface area contributed by atoms with E-state index in [-0.39, 0.29) is 0 Å². The lowest BCUT2D eigenvalue weighted by Gasteiger charge is -2.35. The molecule has 2 nitrogen and oxygen atoms in total. The second-order valence-electron chi connectivity index (χ2n) is 6.99. The average Bonchev–Trinajstić information content (AvgIpc) is 2.70. The van der Waals surface area contributed by atoms with Gasteiger partial charge in [-0.15, -0.1) is 0 Å². The second kappa shape index (κ2) is 6.44. The molecule has 0 amide bonds. The third-order valence-electron chi connectivity index (χ3n) is 4.08. The van der Waals surface area contributed by atoms with Crippen LogP contribution in [0.15, 0.2) is 0 Å². The lowest BCUT2D eigenvalue weighted by Crippen LogP contribution is -2.42. The van der Waals surface area contributed by atoms with Gasteiger partial charge in [0, 0.05) is 18.3 Å². The molecule has 2 atom stereocenters. The molecule has 2 aliphatic rings. The van der Waals surface area contributed by atoms with Crippen molar-refractivity contribution >= 4 is 11.8 Å². The summed E-state index contributed by atoms with van der Waals surface area (Å²) in [6.45, 7) is 5.83. The number of alkyl halides is 3. The van der Waals surface area contributed by atoms with Gasteiger partial charge in [-0.25, -0.2) is 0 Å². The highest BCUT2D eigenvalue weighted by Crippen LogP contribution is 2.33. The van der Waals surface area contributed by atoms with Crippen molar-refractivity contribution in [3.63, 3.8) is 0 Å². The Balaban J connectivity index is 1.68. The van der Waals surface area contributed by atoms with Crippen LogP contribution < -0.4 is 5.32 Å². The lowest BCUT2D eigenvalue weighted by atomic mass is 9.87. The number of nitrogens with zero attached hydrogens (tertiary/aromatic N) is 1. The highest BCUT2D eigenvalue weighted by Gasteiger charge is 2.35. The molecule has 0 saturated carbocycles. The molecular formula is C14H25F3N2S. The van der Waals surface area contributed by atoms with Crippen LogP contribution in [0, 0.1) is 11.3 Å². The van der Waals surface area contributed by atoms with Crippen LogP contribution in [-0.2, 0) is 0 Å². The van der Waals surface area contributed by atoms with Gasteiger partial charge in [0.05, 0.1) is 6.54 Å². The smallest absolute Gasteiger partial charge is 0.313 e. The average molecular weight is 310 g/mol. The van der Waals surface area contributed by atoms with Crippen molar-refractivity contribution in [3.05, 3.63) is 0 Å². The summed E-state index contributed by atoms with van der Waals surface area (Å²) < 4.78 is 37.0. The molecule has 118 valence electrons. The molecule has 2 unspecified atom stereocenters. The summed E-state index contributed by atoms with van der Waals surface area (Å²) in [5.74, 6) is 2.70. The Morgan fingerprint density at radius 2 is 2.10 bits per heavy atom. The molecule has 0 bridgehead atoms. The summed E-state index contributed by atoms with van der Waals surface area (Å²) in [6.07, 6.45) is -2.02. The molecular weight excluding hydrogens is 285 g/mol. The first-order chi connectivity index (χ1) is 9.23. The number of nitrogens with one attached hydrogen (secondary N) is 1. The molecule has 20 heavy (non-hydrogen) atoms. The molecule has 2 rings (SSSR count). The highest BCUT2D eigenvalue weighted by atomic mass is 32.2. The molecule has 0 radical (unpaired) electrons. The molecule has 6 heteroatoms. The summed E-state index contributed by atoms with van der Waals surface area (Å²) >= 11 is 1.98. The fourth-order valence-electron chi connectivity index (χ4n) is 3.20. The van der Waals surface area contributed by atoms with Crippen LogP contribution in [0.4, 0.5) is 13.2 Å². The molecule has 2 aliphatic heterocycles. The standard InChI is InChI=1S/C14H25F3N2S/c1-13(2)5-12(8-20-10-13)18-6-11-3-4-19(7-11)9-14(15,16)17/h11-12,18H,3-10H2,1-2H3. The van der Waals surface area contributed by atoms with Crippen LogP contribution >= 0.6 is 11.8 Å². The fourth-order valence-corrected chi connectivity index (χ4v) is 4.51. The first kappa shape index (κ1) is 16.4. The van der Waals surface area contributed by atoms with E-state index in [1.807, 2.05) is 11.8 Å². The van der Waals surface area contributed by atoms with Gasteiger partial charge >= 0.3 is 6.18 Å². The maximum atomic E-state index is 12.3. The fraction of sp³-hybridized carbons (Fsp3) is 1.00. The third kappa shape index (κ3) is 5.45. The van der Waals surface area contributed by atoms with Gasteiger partial charge in [0.1, 0.15) is 0 Å². The van der Waals surface area contributed by atoms with Gasteiger partial charge in [0.15, 0.2) is 0 Å². The predicted molar refractivity (Wildman–Crippen MR) is 78.1 cm³/mol. The molecule has 0 aliphatic carbocycles. The first-order valence-electron chi connectivity index (χ1n) is 7.34. The largest absolute Gasteiger partial charge is 0.401 e. The molecule has 2 heterocycles. The van der Waals surface area contributed by atoms with Crippen molar-refractivity contribution < 1.29 is 13.2 Å². The van der Waals surface area contributed by atoms with E-state index in [1.165, 1.54) is 17.1 Å². The zero-order valence-electron chi connectivity index (χ0n) is 12.3. The van der Waals surface area contributed by atoms with Crippen molar-refractivity contribution in [1.82, 2.24) is 10.2 Å². The molecule has 2 fully saturated rings. The Morgan fingerprint density at radius 1 is 1.35 bits per heavy atom. The van der Waals surface area contributed by atoms with Crippen molar-refractivity contribution in [3.8, 4) is 0 Å². The lowest BCUT2D eigenvalue weighted by molar-refractivity contribution is -0.143. The Kier molecular flexibility index (Phi) is 5.29. The Hall–Kier alpha value is 0.0600. The minimum absolute atomic E-state index is 0.368. The van der Waals surface area contributed by atoms with Crippen LogP contribution in [0.3, 0.4) is 0 Å². The van der Waals surface area contributed by atoms with E-state index in [1.54, 1.807) is 0 Å². The topological polar surface area (TPSA) is 15.3 Å². The van der Waals surface area contributed by atoms with Gasteiger partial charge in [-0.2, -0.15) is 24.9 Å². The molecule has 0 spiro atoms. The number of halogens is 3. The van der Waals surface area contributed by atoms with E-state index in [9.17, 15) is 13.2 Å². The summed E-state index contributed by atoms with van der Waals surface area (Å²) in [7, 11) is 0. The van der Waals surface area contributed by atoms with Crippen LogP contribution in [0.5, 0.6) is 0 Å². The molecule has 0 aromatic heterocycles. The predicted octanol–water partition coefficient (Wildman–Crippen LogP) is 2.99. The number of likely N-dealkylation sites (tertiary alicyclic amines) is 1. The Morgan fingerprint density at radius 3 is 2.75 bits per heavy atom. The van der Waals surface area contributed by atoms with E-state index < -0.39 is 12.7 Å². The van der Waals surface area contributed by atoms with E-state index in [2.05, 4.69) is 19.2 Å². The summed E-state index contributed by atoms with van der Waals surface area (Å²) in [5, 5.41) is 3.57. The molecule has 0 aromatic rings. The molecule has 0 aromatic carbocycles. The van der Waals surface area contributed by atoms with Crippen LogP contribution in [0.25, 0.3) is 0 Å². The normalized spacial score (nSPS) is 31.6. The van der Waals surface area contributed by atoms with Crippen LogP contribution in [0.2, 0.25) is 0 Å². The summed E-state index contributed by atoms with van der Waals surface area (Å²) in [4.78, 5) is 1.53. The second-order valence-corrected chi connectivity index (χ2v) is 8.02. The van der Waals surface area contributed by atoms with Crippen LogP contribution in [-0.4, -0.2) is 54.8 Å². The maximum Gasteiger partial charge on any atom is 0.401 e. The van der Waals surface area contributed by atoms with Gasteiger partial charge in [-0.05, 0) is 43.0 Å². The number of hydrogen-bond donors (Lipinski definition) is 1. The highest BCUT2D eigenvalue weighted by molar-refractivity contribution is 7.99. The summed E-state index contributed by atoms with van der Waals surface area (Å²) in [6, 6.07) is 0.514. The molecule has 1 N–H and O–H groups in total. The number of hydrogen-bond acceptors (Lipinski definition) is 3. The van der Waals surface area contributed by atoms with E-state index in [0.717, 1.165) is 18.7 Å². The monoisotopic (exact) mass is 310 g/mol. The van der Waals surface area contributed by atoms with E-state index in [4.69, 9.17) is 0 Å². The van der Waals surface area contributed by atoms with Crippen molar-refractivity contribution in [2.24, 2.45) is 11.3 Å². The van der Waals surface area contributed by atoms with Crippen molar-refractivity contribution in [2.45, 2.75) is 38.9 Å². The van der Waals surface area contributed by atoms with Gasteiger partial charge < -0.3 is 5.32 Å². The summed E-state index contributed by atoms with van der Waals surface area (Å²) in [5.41, 5.74) is 0.374. The van der Waals surface area contributed by atoms with E-state index in [0.29, 0.717) is 30.5 Å². The van der Waals surface area contributed by atoms with Crippen molar-refractivity contribution in [1.29, 1.82) is 0 Å².